The Morgan fingerprint density at radius 3 is 1.30 bits per heavy atom. The maximum Gasteiger partial charge on any atom is 0.0772 e. The molecule has 6 heteroatoms. The van der Waals surface area contributed by atoms with Crippen LogP contribution in [0.5, 0.6) is 0 Å². The van der Waals surface area contributed by atoms with Gasteiger partial charge in [-0.25, -0.2) is 9.97 Å². The van der Waals surface area contributed by atoms with Crippen LogP contribution in [-0.2, 0) is 0 Å². The molecule has 0 spiro atoms. The number of allylic oxidation sites excluding steroid dienone is 2. The lowest BCUT2D eigenvalue weighted by atomic mass is 9.92. The Kier molecular flexibility index (Phi) is 9.09. The molecule has 0 atom stereocenters. The van der Waals surface area contributed by atoms with Crippen molar-refractivity contribution in [2.24, 2.45) is 0 Å². The van der Waals surface area contributed by atoms with Crippen molar-refractivity contribution in [3.8, 4) is 44.5 Å². The zero-order chi connectivity index (χ0) is 36.8. The zero-order valence-corrected chi connectivity index (χ0v) is 33.1. The first-order valence-corrected chi connectivity index (χ1v) is 19.9. The standard InChI is InChI=1S/C48H36Br2N4/c1-3-33-34(4-2)46-44(32-23-15-8-16-24-32)48-36(50)27-39(52-48)41(29-17-9-5-10-18-29)37-25-26-38(51-37)42(30-19-11-6-12-20-30)47-35(49)28-40(53-47)43(45(33)54-46)31-21-13-7-14-22-31/h5-28,52-53H,3-4H2,1-2H3. The van der Waals surface area contributed by atoms with Crippen molar-refractivity contribution < 1.29 is 0 Å². The average Bonchev–Trinajstić information content (AvgIpc) is 4.01. The monoisotopic (exact) mass is 826 g/mol. The van der Waals surface area contributed by atoms with Gasteiger partial charge in [0.2, 0.25) is 0 Å². The highest BCUT2D eigenvalue weighted by Crippen LogP contribution is 2.46. The zero-order valence-electron chi connectivity index (χ0n) is 29.9. The summed E-state index contributed by atoms with van der Waals surface area (Å²) in [6.07, 6.45) is 5.95. The van der Waals surface area contributed by atoms with Crippen molar-refractivity contribution in [1.29, 1.82) is 0 Å². The molecule has 9 rings (SSSR count). The highest BCUT2D eigenvalue weighted by molar-refractivity contribution is 9.11. The van der Waals surface area contributed by atoms with Gasteiger partial charge < -0.3 is 9.97 Å². The molecule has 4 aromatic carbocycles. The molecule has 3 aromatic heterocycles. The number of nitrogens with one attached hydrogen (secondary N) is 2. The van der Waals surface area contributed by atoms with E-state index >= 15 is 0 Å². The van der Waals surface area contributed by atoms with Crippen LogP contribution in [-0.4, -0.2) is 19.9 Å². The molecule has 0 unspecified atom stereocenters. The van der Waals surface area contributed by atoms with Gasteiger partial charge >= 0.3 is 0 Å². The van der Waals surface area contributed by atoms with Gasteiger partial charge in [0, 0.05) is 42.2 Å². The second-order valence-electron chi connectivity index (χ2n) is 13.5. The molecule has 0 saturated carbocycles. The molecule has 4 nitrogen and oxygen atoms in total. The molecular weight excluding hydrogens is 792 g/mol. The third-order valence-corrected chi connectivity index (χ3v) is 11.6. The Morgan fingerprint density at radius 1 is 0.444 bits per heavy atom. The average molecular weight is 829 g/mol. The number of benzene rings is 4. The van der Waals surface area contributed by atoms with E-state index in [4.69, 9.17) is 9.97 Å². The van der Waals surface area contributed by atoms with Crippen molar-refractivity contribution in [2.45, 2.75) is 26.7 Å². The van der Waals surface area contributed by atoms with E-state index < -0.39 is 0 Å². The molecule has 0 radical (unpaired) electrons. The van der Waals surface area contributed by atoms with E-state index in [1.807, 2.05) is 0 Å². The van der Waals surface area contributed by atoms with Crippen LogP contribution in [0.15, 0.2) is 142 Å². The fourth-order valence-corrected chi connectivity index (χ4v) is 8.99. The second-order valence-corrected chi connectivity index (χ2v) is 15.2. The topological polar surface area (TPSA) is 57.4 Å². The maximum absolute atomic E-state index is 5.72. The van der Waals surface area contributed by atoms with Gasteiger partial charge in [0.15, 0.2) is 0 Å². The lowest BCUT2D eigenvalue weighted by Gasteiger charge is -2.10. The number of halogens is 2. The Labute approximate surface area is 331 Å². The molecule has 0 saturated heterocycles. The van der Waals surface area contributed by atoms with E-state index in [1.165, 1.54) is 11.1 Å². The molecule has 2 aliphatic rings. The van der Waals surface area contributed by atoms with Crippen LogP contribution in [0.25, 0.3) is 89.9 Å². The summed E-state index contributed by atoms with van der Waals surface area (Å²) in [4.78, 5) is 19.0. The van der Waals surface area contributed by atoms with Crippen LogP contribution < -0.4 is 0 Å². The summed E-state index contributed by atoms with van der Waals surface area (Å²) in [6, 6.07) is 46.8. The molecule has 262 valence electrons. The molecule has 0 amide bonds. The van der Waals surface area contributed by atoms with Crippen LogP contribution in [0, 0.1) is 0 Å². The Morgan fingerprint density at radius 2 is 0.815 bits per heavy atom. The van der Waals surface area contributed by atoms with Gasteiger partial charge in [-0.3, -0.25) is 0 Å². The highest BCUT2D eigenvalue weighted by atomic mass is 79.9. The predicted octanol–water partition coefficient (Wildman–Crippen LogP) is 14.4. The number of hydrogen-bond acceptors (Lipinski definition) is 2. The second kappa shape index (κ2) is 14.3. The Hall–Kier alpha value is -5.56. The summed E-state index contributed by atoms with van der Waals surface area (Å²) in [5.74, 6) is 0. The minimum Gasteiger partial charge on any atom is -0.353 e. The highest BCUT2D eigenvalue weighted by Gasteiger charge is 2.27. The van der Waals surface area contributed by atoms with Gasteiger partial charge in [-0.15, -0.1) is 0 Å². The number of fused-ring (bicyclic) bond motifs is 8. The molecule has 0 aliphatic carbocycles. The third-order valence-electron chi connectivity index (χ3n) is 10.3. The SMILES string of the molecule is CCC1=C(CC)c2nc1c(-c1ccccc1)c1cc(Br)c([nH]1)c(-c1ccccc1)c1nc(c(-c3ccccc3)c3cc(Br)c([nH]3)c2-c2ccccc2)C=C1. The van der Waals surface area contributed by atoms with Gasteiger partial charge in [0.1, 0.15) is 0 Å². The van der Waals surface area contributed by atoms with Gasteiger partial charge in [-0.2, -0.15) is 0 Å². The van der Waals surface area contributed by atoms with E-state index in [2.05, 4.69) is 201 Å². The van der Waals surface area contributed by atoms with E-state index in [9.17, 15) is 0 Å². The van der Waals surface area contributed by atoms with Crippen molar-refractivity contribution in [3.05, 3.63) is 165 Å². The minimum absolute atomic E-state index is 0.835. The Bertz CT molecular complexity index is 2780. The number of aromatic amines is 2. The molecule has 8 bridgehead atoms. The smallest absolute Gasteiger partial charge is 0.0772 e. The van der Waals surface area contributed by atoms with Crippen molar-refractivity contribution in [3.63, 3.8) is 0 Å². The summed E-state index contributed by atoms with van der Waals surface area (Å²) in [5, 5.41) is 0. The largest absolute Gasteiger partial charge is 0.353 e. The summed E-state index contributed by atoms with van der Waals surface area (Å²) >= 11 is 8.07. The van der Waals surface area contributed by atoms with Gasteiger partial charge in [0.05, 0.1) is 33.8 Å². The molecular formula is C48H36Br2N4. The number of aromatic nitrogens is 4. The number of H-pyrrole nitrogens is 2. The fourth-order valence-electron chi connectivity index (χ4n) is 7.94. The van der Waals surface area contributed by atoms with Crippen LogP contribution in [0.2, 0.25) is 0 Å². The first-order valence-electron chi connectivity index (χ1n) is 18.4. The van der Waals surface area contributed by atoms with E-state index in [0.717, 1.165) is 111 Å². The third kappa shape index (κ3) is 5.90. The molecule has 7 aromatic rings. The number of nitrogens with zero attached hydrogens (tertiary/aromatic N) is 2. The van der Waals surface area contributed by atoms with Crippen LogP contribution in [0.3, 0.4) is 0 Å². The normalized spacial score (nSPS) is 12.4. The van der Waals surface area contributed by atoms with E-state index in [-0.39, 0.29) is 0 Å². The summed E-state index contributed by atoms with van der Waals surface area (Å²) in [7, 11) is 0. The minimum atomic E-state index is 0.835. The number of hydrogen-bond donors (Lipinski definition) is 2. The molecule has 2 N–H and O–H groups in total. The van der Waals surface area contributed by atoms with E-state index in [0.29, 0.717) is 0 Å². The lowest BCUT2D eigenvalue weighted by Crippen LogP contribution is -1.91. The van der Waals surface area contributed by atoms with Gasteiger partial charge in [-0.1, -0.05) is 135 Å². The van der Waals surface area contributed by atoms with Crippen molar-refractivity contribution in [1.82, 2.24) is 19.9 Å². The first-order chi connectivity index (χ1) is 26.5. The number of rotatable bonds is 6. The fraction of sp³-hybridized carbons (Fsp3) is 0.0833. The maximum atomic E-state index is 5.72. The van der Waals surface area contributed by atoms with Crippen molar-refractivity contribution in [2.75, 3.05) is 0 Å². The van der Waals surface area contributed by atoms with Crippen LogP contribution in [0.4, 0.5) is 0 Å². The first kappa shape index (κ1) is 34.2. The molecule has 2 aliphatic heterocycles. The summed E-state index contributed by atoms with van der Waals surface area (Å²) < 4.78 is 1.92. The quantitative estimate of drug-likeness (QED) is 0.175. The van der Waals surface area contributed by atoms with Crippen LogP contribution in [0.1, 0.15) is 49.5 Å². The van der Waals surface area contributed by atoms with Crippen LogP contribution >= 0.6 is 31.9 Å². The lowest BCUT2D eigenvalue weighted by molar-refractivity contribution is 1.20. The molecule has 54 heavy (non-hydrogen) atoms. The summed E-state index contributed by atoms with van der Waals surface area (Å²) in [5.41, 5.74) is 18.6. The van der Waals surface area contributed by atoms with Gasteiger partial charge in [0.25, 0.3) is 0 Å². The van der Waals surface area contributed by atoms with E-state index in [1.54, 1.807) is 0 Å². The van der Waals surface area contributed by atoms with Gasteiger partial charge in [-0.05, 0) is 102 Å². The predicted molar refractivity (Wildman–Crippen MR) is 234 cm³/mol. The molecule has 0 fully saturated rings. The van der Waals surface area contributed by atoms with Crippen molar-refractivity contribution >= 4 is 77.2 Å². The summed E-state index contributed by atoms with van der Waals surface area (Å²) in [6.45, 7) is 4.49. The molecule has 5 heterocycles. The Balaban J connectivity index is 1.57.